The molecule has 1 N–H and O–H groups in total. The minimum atomic E-state index is -2.85. The third-order valence-electron chi connectivity index (χ3n) is 4.85. The molecule has 0 aliphatic carbocycles. The molecule has 2 aromatic heterocycles. The summed E-state index contributed by atoms with van der Waals surface area (Å²) in [5.41, 5.74) is 3.23. The number of halogens is 1. The summed E-state index contributed by atoms with van der Waals surface area (Å²) in [4.78, 5) is 4.27. The van der Waals surface area contributed by atoms with Crippen LogP contribution in [0.15, 0.2) is 55.2 Å². The average molecular weight is 422 g/mol. The van der Waals surface area contributed by atoms with Gasteiger partial charge in [-0.1, -0.05) is 30.3 Å². The van der Waals surface area contributed by atoms with E-state index in [1.54, 1.807) is 6.33 Å². The number of nitrogens with one attached hydrogen (secondary N) is 1. The highest BCUT2D eigenvalue weighted by atomic mass is 35.5. The minimum Gasteiger partial charge on any atom is -0.329 e. The number of benzene rings is 1. The van der Waals surface area contributed by atoms with Crippen LogP contribution in [0.4, 0.5) is 0 Å². The number of hydrogen-bond donors (Lipinski definition) is 1. The third kappa shape index (κ3) is 5.01. The molecule has 0 spiro atoms. The molecule has 0 saturated carbocycles. The Kier molecular flexibility index (Phi) is 6.53. The van der Waals surface area contributed by atoms with Crippen LogP contribution in [0.25, 0.3) is 11.3 Å². The van der Waals surface area contributed by atoms with Crippen LogP contribution in [0.1, 0.15) is 12.0 Å². The Balaban J connectivity index is 0.00000225. The second-order valence-corrected chi connectivity index (χ2v) is 9.17. The molecule has 4 rings (SSSR count). The fourth-order valence-electron chi connectivity index (χ4n) is 3.44. The van der Waals surface area contributed by atoms with Gasteiger partial charge in [-0.2, -0.15) is 5.10 Å². The van der Waals surface area contributed by atoms with Crippen molar-refractivity contribution >= 4 is 22.2 Å². The van der Waals surface area contributed by atoms with Gasteiger partial charge in [0.05, 0.1) is 42.5 Å². The molecule has 1 aromatic carbocycles. The smallest absolute Gasteiger partial charge is 0.151 e. The first-order valence-corrected chi connectivity index (χ1v) is 10.9. The SMILES string of the molecule is Cl.O=S1(=O)CCC(NCCn2cncc2-c2cnn(Cc3ccccc3)c2)C1. The Bertz CT molecular complexity index is 1000. The van der Waals surface area contributed by atoms with Crippen LogP contribution in [0.5, 0.6) is 0 Å². The monoisotopic (exact) mass is 421 g/mol. The zero-order chi connectivity index (χ0) is 18.7. The van der Waals surface area contributed by atoms with Crippen molar-refractivity contribution < 1.29 is 8.42 Å². The fourth-order valence-corrected chi connectivity index (χ4v) is 5.15. The third-order valence-corrected chi connectivity index (χ3v) is 6.61. The van der Waals surface area contributed by atoms with Gasteiger partial charge in [0, 0.05) is 30.9 Å². The molecule has 150 valence electrons. The lowest BCUT2D eigenvalue weighted by atomic mass is 10.2. The largest absolute Gasteiger partial charge is 0.329 e. The van der Waals surface area contributed by atoms with E-state index >= 15 is 0 Å². The van der Waals surface area contributed by atoms with Gasteiger partial charge in [-0.3, -0.25) is 4.68 Å². The molecule has 1 aliphatic heterocycles. The summed E-state index contributed by atoms with van der Waals surface area (Å²) in [7, 11) is -2.85. The van der Waals surface area contributed by atoms with E-state index in [-0.39, 0.29) is 24.2 Å². The molecule has 1 unspecified atom stereocenters. The van der Waals surface area contributed by atoms with Crippen molar-refractivity contribution in [1.29, 1.82) is 0 Å². The van der Waals surface area contributed by atoms with Gasteiger partial charge in [0.15, 0.2) is 9.84 Å². The van der Waals surface area contributed by atoms with Crippen LogP contribution < -0.4 is 5.32 Å². The second-order valence-electron chi connectivity index (χ2n) is 6.94. The summed E-state index contributed by atoms with van der Waals surface area (Å²) < 4.78 is 27.1. The van der Waals surface area contributed by atoms with Crippen LogP contribution in [0.3, 0.4) is 0 Å². The maximum atomic E-state index is 11.5. The first-order valence-electron chi connectivity index (χ1n) is 9.10. The standard InChI is InChI=1S/C19H23N5O2S.ClH/c25-27(26)9-6-18(14-27)21-7-8-23-15-20-11-19(23)17-10-22-24(13-17)12-16-4-2-1-3-5-16;/h1-5,10-11,13,15,18,21H,6-9,12,14H2;1H. The molecule has 28 heavy (non-hydrogen) atoms. The van der Waals surface area contributed by atoms with Crippen molar-refractivity contribution in [2.75, 3.05) is 18.1 Å². The number of aromatic nitrogens is 4. The van der Waals surface area contributed by atoms with Crippen molar-refractivity contribution in [3.05, 3.63) is 60.8 Å². The molecule has 0 radical (unpaired) electrons. The lowest BCUT2D eigenvalue weighted by molar-refractivity contribution is 0.521. The van der Waals surface area contributed by atoms with E-state index in [0.29, 0.717) is 18.7 Å². The Morgan fingerprint density at radius 3 is 2.75 bits per heavy atom. The quantitative estimate of drug-likeness (QED) is 0.631. The summed E-state index contributed by atoms with van der Waals surface area (Å²) in [5, 5.41) is 7.80. The summed E-state index contributed by atoms with van der Waals surface area (Å²) in [6.07, 6.45) is 8.22. The van der Waals surface area contributed by atoms with Crippen LogP contribution in [-0.4, -0.2) is 51.8 Å². The molecule has 3 heterocycles. The zero-order valence-corrected chi connectivity index (χ0v) is 17.1. The highest BCUT2D eigenvalue weighted by Gasteiger charge is 2.27. The Morgan fingerprint density at radius 2 is 2.00 bits per heavy atom. The Morgan fingerprint density at radius 1 is 1.18 bits per heavy atom. The van der Waals surface area contributed by atoms with Gasteiger partial charge in [-0.15, -0.1) is 12.4 Å². The fraction of sp³-hybridized carbons (Fsp3) is 0.368. The van der Waals surface area contributed by atoms with Crippen molar-refractivity contribution in [3.8, 4) is 11.3 Å². The van der Waals surface area contributed by atoms with Crippen LogP contribution in [0.2, 0.25) is 0 Å². The van der Waals surface area contributed by atoms with E-state index in [2.05, 4.69) is 32.1 Å². The van der Waals surface area contributed by atoms with Crippen molar-refractivity contribution in [2.45, 2.75) is 25.6 Å². The maximum Gasteiger partial charge on any atom is 0.151 e. The number of imidazole rings is 1. The second kappa shape index (κ2) is 8.89. The summed E-state index contributed by atoms with van der Waals surface area (Å²) >= 11 is 0. The van der Waals surface area contributed by atoms with E-state index in [0.717, 1.165) is 24.3 Å². The summed E-state index contributed by atoms with van der Waals surface area (Å²) in [5.74, 6) is 0.539. The zero-order valence-electron chi connectivity index (χ0n) is 15.4. The molecule has 1 aliphatic rings. The van der Waals surface area contributed by atoms with Crippen molar-refractivity contribution in [2.24, 2.45) is 0 Å². The van der Waals surface area contributed by atoms with Gasteiger partial charge >= 0.3 is 0 Å². The minimum absolute atomic E-state index is 0. The van der Waals surface area contributed by atoms with Crippen LogP contribution >= 0.6 is 12.4 Å². The van der Waals surface area contributed by atoms with Gasteiger partial charge in [-0.05, 0) is 12.0 Å². The predicted molar refractivity (Wildman–Crippen MR) is 111 cm³/mol. The Hall–Kier alpha value is -2.16. The van der Waals surface area contributed by atoms with E-state index in [9.17, 15) is 8.42 Å². The normalized spacial score (nSPS) is 18.1. The molecular formula is C19H24ClN5O2S. The number of sulfone groups is 1. The molecule has 0 bridgehead atoms. The van der Waals surface area contributed by atoms with Gasteiger partial charge in [0.25, 0.3) is 0 Å². The lowest BCUT2D eigenvalue weighted by Crippen LogP contribution is -2.32. The summed E-state index contributed by atoms with van der Waals surface area (Å²) in [6, 6.07) is 10.3. The molecule has 1 atom stereocenters. The first kappa shape index (κ1) is 20.6. The van der Waals surface area contributed by atoms with E-state index < -0.39 is 9.84 Å². The molecule has 1 saturated heterocycles. The number of rotatable bonds is 7. The molecule has 3 aromatic rings. The average Bonchev–Trinajstić information content (AvgIpc) is 3.36. The van der Waals surface area contributed by atoms with E-state index in [1.165, 1.54) is 5.56 Å². The summed E-state index contributed by atoms with van der Waals surface area (Å²) in [6.45, 7) is 2.17. The molecule has 1 fully saturated rings. The van der Waals surface area contributed by atoms with Gasteiger partial charge in [0.1, 0.15) is 0 Å². The topological polar surface area (TPSA) is 81.8 Å². The molecule has 7 nitrogen and oxygen atoms in total. The predicted octanol–water partition coefficient (Wildman–Crippen LogP) is 1.99. The highest BCUT2D eigenvalue weighted by molar-refractivity contribution is 7.91. The van der Waals surface area contributed by atoms with E-state index in [4.69, 9.17) is 0 Å². The van der Waals surface area contributed by atoms with Gasteiger partial charge < -0.3 is 9.88 Å². The number of nitrogens with zero attached hydrogens (tertiary/aromatic N) is 4. The van der Waals surface area contributed by atoms with Crippen molar-refractivity contribution in [3.63, 3.8) is 0 Å². The van der Waals surface area contributed by atoms with Crippen LogP contribution in [-0.2, 0) is 22.9 Å². The van der Waals surface area contributed by atoms with Crippen LogP contribution in [0, 0.1) is 0 Å². The maximum absolute atomic E-state index is 11.5. The molecule has 9 heteroatoms. The first-order chi connectivity index (χ1) is 13.1. The Labute approximate surface area is 171 Å². The van der Waals surface area contributed by atoms with Gasteiger partial charge in [-0.25, -0.2) is 13.4 Å². The highest BCUT2D eigenvalue weighted by Crippen LogP contribution is 2.19. The van der Waals surface area contributed by atoms with Crippen molar-refractivity contribution in [1.82, 2.24) is 24.6 Å². The van der Waals surface area contributed by atoms with E-state index in [1.807, 2.05) is 41.5 Å². The lowest BCUT2D eigenvalue weighted by Gasteiger charge is -2.12. The van der Waals surface area contributed by atoms with Gasteiger partial charge in [0.2, 0.25) is 0 Å². The molecule has 0 amide bonds. The number of hydrogen-bond acceptors (Lipinski definition) is 5. The molecular weight excluding hydrogens is 398 g/mol.